The number of fused-ring (bicyclic) bond motifs is 1. The fourth-order valence-corrected chi connectivity index (χ4v) is 19.3. The van der Waals surface area contributed by atoms with Crippen LogP contribution < -0.4 is 20.7 Å². The lowest BCUT2D eigenvalue weighted by Crippen LogP contribution is -2.69. The van der Waals surface area contributed by atoms with Gasteiger partial charge in [0, 0.05) is 24.2 Å². The predicted octanol–water partition coefficient (Wildman–Crippen LogP) is 12.4. The summed E-state index contributed by atoms with van der Waals surface area (Å²) in [6.07, 6.45) is 5.24. The average molecular weight is 945 g/mol. The van der Waals surface area contributed by atoms with Gasteiger partial charge in [-0.15, -0.1) is 0 Å². The van der Waals surface area contributed by atoms with Crippen molar-refractivity contribution in [1.29, 1.82) is 0 Å². The number of hydrogen-bond donors (Lipinski definition) is 0. The smallest absolute Gasteiger partial charge is 0.308 e. The first-order valence-electron chi connectivity index (χ1n) is 24.0. The summed E-state index contributed by atoms with van der Waals surface area (Å²) in [5, 5.41) is 3.78. The summed E-state index contributed by atoms with van der Waals surface area (Å²) in [4.78, 5) is 19.3. The Morgan fingerprint density at radius 2 is 1.09 bits per heavy atom. The number of nitrogens with zero attached hydrogens (tertiary/aromatic N) is 2. The second kappa shape index (κ2) is 20.5. The van der Waals surface area contributed by atoms with Crippen molar-refractivity contribution in [2.45, 2.75) is 123 Å². The molecule has 7 aromatic rings. The van der Waals surface area contributed by atoms with E-state index in [0.29, 0.717) is 6.42 Å². The average Bonchev–Trinajstić information content (AvgIpc) is 3.63. The van der Waals surface area contributed by atoms with Crippen molar-refractivity contribution in [3.05, 3.63) is 182 Å². The fraction of sp³-hybridized carbons (Fsp3) is 0.322. The summed E-state index contributed by atoms with van der Waals surface area (Å²) >= 11 is 0. The monoisotopic (exact) mass is 944 g/mol. The van der Waals surface area contributed by atoms with E-state index in [1.807, 2.05) is 57.3 Å². The van der Waals surface area contributed by atoms with Crippen LogP contribution in [0.3, 0.4) is 0 Å². The number of carbonyl (C=O) groups is 1. The number of pyridine rings is 1. The molecule has 0 saturated carbocycles. The highest BCUT2D eigenvalue weighted by atomic mass is 28.4. The molecule has 7 rings (SSSR count). The highest BCUT2D eigenvalue weighted by molar-refractivity contribution is 7.00. The van der Waals surface area contributed by atoms with E-state index in [9.17, 15) is 9.18 Å². The van der Waals surface area contributed by atoms with Crippen molar-refractivity contribution in [3.8, 4) is 11.1 Å². The Bertz CT molecular complexity index is 2700. The second-order valence-corrected chi connectivity index (χ2v) is 29.7. The third-order valence-electron chi connectivity index (χ3n) is 12.7. The number of ether oxygens (including phenoxy) is 1. The van der Waals surface area contributed by atoms with Gasteiger partial charge in [-0.05, 0) is 101 Å². The highest BCUT2D eigenvalue weighted by Gasteiger charge is 2.54. The number of esters is 1. The standard InChI is InChI=1S/C59H69FN2O4Si2/c1-43(2)62-52(55(44-34-36-45(60)37-35-44)56-53(62)33-24-40-61-56)39-38-46(65-67(58(6,7)8,48-25-16-12-17-26-48)49-27-18-13-19-28-49)41-47(42-54(63)64-57(3,4)5)66-68(59(9,10)11,50-29-20-14-21-30-50)51-31-22-15-23-32-51/h12-40,43,46-47H,41-42H2,1-11H3/b39-38+. The molecule has 0 aliphatic rings. The lowest BCUT2D eigenvalue weighted by molar-refractivity contribution is -0.157. The van der Waals surface area contributed by atoms with Crippen LogP contribution in [-0.4, -0.2) is 50.0 Å². The number of carbonyl (C=O) groups excluding carboxylic acids is 1. The van der Waals surface area contributed by atoms with Crippen LogP contribution in [0.25, 0.3) is 28.2 Å². The Labute approximate surface area is 406 Å². The number of benzene rings is 5. The molecule has 6 nitrogen and oxygen atoms in total. The Balaban J connectivity index is 1.50. The maximum atomic E-state index is 14.6. The van der Waals surface area contributed by atoms with Crippen LogP contribution in [0.15, 0.2) is 170 Å². The summed E-state index contributed by atoms with van der Waals surface area (Å²) in [6, 6.07) is 53.2. The summed E-state index contributed by atoms with van der Waals surface area (Å²) in [5.41, 5.74) is 3.78. The molecular weight excluding hydrogens is 876 g/mol. The van der Waals surface area contributed by atoms with Gasteiger partial charge in [0.2, 0.25) is 0 Å². The molecule has 0 saturated heterocycles. The van der Waals surface area contributed by atoms with Gasteiger partial charge in [-0.2, -0.15) is 0 Å². The largest absolute Gasteiger partial charge is 0.460 e. The molecule has 0 spiro atoms. The van der Waals surface area contributed by atoms with Gasteiger partial charge in [0.1, 0.15) is 11.4 Å². The van der Waals surface area contributed by atoms with Crippen molar-refractivity contribution in [3.63, 3.8) is 0 Å². The quantitative estimate of drug-likeness (QED) is 0.0713. The van der Waals surface area contributed by atoms with Crippen LogP contribution >= 0.6 is 0 Å². The van der Waals surface area contributed by atoms with Crippen molar-refractivity contribution in [2.24, 2.45) is 0 Å². The van der Waals surface area contributed by atoms with Gasteiger partial charge in [0.25, 0.3) is 16.6 Å². The number of halogens is 1. The van der Waals surface area contributed by atoms with Crippen LogP contribution in [-0.2, 0) is 18.4 Å². The zero-order valence-corrected chi connectivity index (χ0v) is 43.8. The zero-order valence-electron chi connectivity index (χ0n) is 41.8. The molecule has 0 bridgehead atoms. The molecule has 68 heavy (non-hydrogen) atoms. The second-order valence-electron chi connectivity index (χ2n) is 21.2. The van der Waals surface area contributed by atoms with Crippen molar-refractivity contribution in [1.82, 2.24) is 9.55 Å². The van der Waals surface area contributed by atoms with Gasteiger partial charge in [-0.25, -0.2) is 4.39 Å². The minimum Gasteiger partial charge on any atom is -0.460 e. The molecule has 2 heterocycles. The first-order valence-corrected chi connectivity index (χ1v) is 27.8. The molecule has 9 heteroatoms. The van der Waals surface area contributed by atoms with Gasteiger partial charge in [0.15, 0.2) is 0 Å². The van der Waals surface area contributed by atoms with Crippen LogP contribution in [0, 0.1) is 5.82 Å². The predicted molar refractivity (Wildman–Crippen MR) is 285 cm³/mol. The fourth-order valence-electron chi connectivity index (χ4n) is 10.0. The Hall–Kier alpha value is -5.72. The van der Waals surface area contributed by atoms with Gasteiger partial charge in [-0.1, -0.05) is 181 Å². The number of aromatic nitrogens is 2. The maximum absolute atomic E-state index is 14.6. The minimum atomic E-state index is -3.24. The summed E-state index contributed by atoms with van der Waals surface area (Å²) < 4.78 is 39.1. The van der Waals surface area contributed by atoms with E-state index in [1.165, 1.54) is 12.1 Å². The Kier molecular flexibility index (Phi) is 15.1. The normalized spacial score (nSPS) is 13.8. The third-order valence-corrected chi connectivity index (χ3v) is 22.9. The van der Waals surface area contributed by atoms with Gasteiger partial charge in [0.05, 0.1) is 35.4 Å². The van der Waals surface area contributed by atoms with E-state index in [-0.39, 0.29) is 34.3 Å². The van der Waals surface area contributed by atoms with Crippen molar-refractivity contribution >= 4 is 60.5 Å². The molecule has 0 amide bonds. The molecule has 0 N–H and O–H groups in total. The van der Waals surface area contributed by atoms with Crippen LogP contribution in [0.5, 0.6) is 0 Å². The molecule has 0 aliphatic heterocycles. The molecule has 0 aliphatic carbocycles. The molecule has 0 fully saturated rings. The Morgan fingerprint density at radius 1 is 0.632 bits per heavy atom. The lowest BCUT2D eigenvalue weighted by Gasteiger charge is -2.47. The van der Waals surface area contributed by atoms with E-state index in [2.05, 4.69) is 187 Å². The minimum absolute atomic E-state index is 0.00716. The number of rotatable bonds is 16. The molecule has 5 aromatic carbocycles. The molecular formula is C59H69FN2O4Si2. The van der Waals surface area contributed by atoms with Crippen LogP contribution in [0.4, 0.5) is 4.39 Å². The van der Waals surface area contributed by atoms with Crippen molar-refractivity contribution in [2.75, 3.05) is 0 Å². The van der Waals surface area contributed by atoms with E-state index >= 15 is 0 Å². The maximum Gasteiger partial charge on any atom is 0.308 e. The van der Waals surface area contributed by atoms with Gasteiger partial charge < -0.3 is 18.2 Å². The SMILES string of the molecule is CC(C)n1c(/C=C/C(CC(CC(=O)OC(C)(C)C)O[Si](c2ccccc2)(c2ccccc2)C(C)(C)C)O[Si](c2ccccc2)(c2ccccc2)C(C)(C)C)c(-c2ccc(F)cc2)c2ncccc21. The van der Waals surface area contributed by atoms with E-state index in [1.54, 1.807) is 0 Å². The highest BCUT2D eigenvalue weighted by Crippen LogP contribution is 2.42. The zero-order chi connectivity index (χ0) is 48.9. The first kappa shape index (κ1) is 50.2. The lowest BCUT2D eigenvalue weighted by atomic mass is 10.0. The third kappa shape index (κ3) is 10.6. The van der Waals surface area contributed by atoms with Gasteiger partial charge >= 0.3 is 5.97 Å². The molecule has 2 unspecified atom stereocenters. The molecule has 2 atom stereocenters. The first-order chi connectivity index (χ1) is 32.2. The molecule has 354 valence electrons. The van der Waals surface area contributed by atoms with E-state index < -0.39 is 34.4 Å². The summed E-state index contributed by atoms with van der Waals surface area (Å²) in [6.45, 7) is 23.7. The van der Waals surface area contributed by atoms with Gasteiger partial charge in [-0.3, -0.25) is 9.78 Å². The van der Waals surface area contributed by atoms with E-state index in [4.69, 9.17) is 18.6 Å². The number of hydrogen-bond acceptors (Lipinski definition) is 5. The summed E-state index contributed by atoms with van der Waals surface area (Å²) in [5.74, 6) is -0.639. The van der Waals surface area contributed by atoms with Crippen LogP contribution in [0.2, 0.25) is 10.1 Å². The van der Waals surface area contributed by atoms with Crippen LogP contribution in [0.1, 0.15) is 101 Å². The van der Waals surface area contributed by atoms with Crippen molar-refractivity contribution < 1.29 is 22.8 Å². The Morgan fingerprint density at radius 3 is 1.51 bits per heavy atom. The molecule has 0 radical (unpaired) electrons. The molecule has 2 aromatic heterocycles. The van der Waals surface area contributed by atoms with E-state index in [0.717, 1.165) is 48.6 Å². The summed E-state index contributed by atoms with van der Waals surface area (Å²) in [7, 11) is -6.48. The topological polar surface area (TPSA) is 62.6 Å².